The number of Topliss-reactive ketones (excluding diaryl/α,β-unsaturated/α-hetero) is 1. The van der Waals surface area contributed by atoms with Gasteiger partial charge in [-0.3, -0.25) is 4.79 Å². The van der Waals surface area contributed by atoms with Crippen molar-refractivity contribution in [3.8, 4) is 0 Å². The summed E-state index contributed by atoms with van der Waals surface area (Å²) in [6.45, 7) is 14.5. The highest BCUT2D eigenvalue weighted by Gasteiger charge is 2.71. The third kappa shape index (κ3) is 8.42. The molecule has 3 aliphatic heterocycles. The second-order valence-corrected chi connectivity index (χ2v) is 19.9. The van der Waals surface area contributed by atoms with Gasteiger partial charge in [-0.1, -0.05) is 31.6 Å². The van der Waals surface area contributed by atoms with Crippen LogP contribution in [0.5, 0.6) is 0 Å². The van der Waals surface area contributed by atoms with Gasteiger partial charge in [-0.15, -0.1) is 0 Å². The summed E-state index contributed by atoms with van der Waals surface area (Å²) in [6.07, 6.45) is 0.725. The van der Waals surface area contributed by atoms with Crippen molar-refractivity contribution in [3.05, 3.63) is 23.3 Å². The normalized spacial score (nSPS) is 49.6. The van der Waals surface area contributed by atoms with Crippen molar-refractivity contribution < 1.29 is 72.6 Å². The average Bonchev–Trinajstić information content (AvgIpc) is 3.53. The van der Waals surface area contributed by atoms with E-state index in [1.165, 1.54) is 5.57 Å². The Morgan fingerprint density at radius 2 is 1.47 bits per heavy atom. The third-order valence-corrected chi connectivity index (χ3v) is 16.8. The molecule has 6 fully saturated rings. The summed E-state index contributed by atoms with van der Waals surface area (Å²) < 4.78 is 56.3. The van der Waals surface area contributed by atoms with Crippen LogP contribution in [-0.4, -0.2) is 145 Å². The molecule has 3 saturated heterocycles. The minimum Gasteiger partial charge on any atom is -0.458 e. The Hall–Kier alpha value is -1.86. The molecule has 352 valence electrons. The molecule has 0 bridgehead atoms. The highest BCUT2D eigenvalue weighted by molar-refractivity contribution is 5.88. The maximum Gasteiger partial charge on any atom is 0.333 e. The Labute approximate surface area is 367 Å². The highest BCUT2D eigenvalue weighted by Crippen LogP contribution is 2.68. The van der Waals surface area contributed by atoms with Gasteiger partial charge in [0.2, 0.25) is 0 Å². The van der Waals surface area contributed by atoms with Crippen LogP contribution in [0.4, 0.5) is 0 Å². The Kier molecular flexibility index (Phi) is 14.6. The molecule has 3 heterocycles. The molecule has 4 N–H and O–H groups in total. The molecular weight excluding hydrogens is 805 g/mol. The zero-order valence-corrected chi connectivity index (χ0v) is 38.4. The lowest BCUT2D eigenvalue weighted by Gasteiger charge is -2.63. The van der Waals surface area contributed by atoms with E-state index < -0.39 is 103 Å². The number of rotatable bonds is 12. The molecule has 0 aromatic carbocycles. The molecule has 3 saturated carbocycles. The molecule has 21 atom stereocenters. The number of aliphatic hydroxyl groups is 4. The fourth-order valence-electron chi connectivity index (χ4n) is 12.8. The minimum absolute atomic E-state index is 0.0364. The number of fused-ring (bicyclic) bond motifs is 5. The molecule has 0 radical (unpaired) electrons. The number of carbonyl (C=O) groups is 2. The van der Waals surface area contributed by atoms with Crippen molar-refractivity contribution in [2.24, 2.45) is 34.5 Å². The van der Waals surface area contributed by atoms with E-state index in [-0.39, 0.29) is 41.2 Å². The topological polar surface area (TPSA) is 198 Å². The van der Waals surface area contributed by atoms with E-state index in [1.54, 1.807) is 41.1 Å². The SMILES string of the molecule is CC=C(C)C(=O)O[C@@H]1C[C@H]2[C@@H](CC=C3C[C@H](OC4CC(OC)C(OC5CC(OC)C(OC6OC(C)C(O)C(CO)C6O)C(C)O5)C(C)O4)CC[C@@]32C)[C@@]2(O)CC[C@H](C(C)=O)[C@@]12C. The van der Waals surface area contributed by atoms with Crippen LogP contribution in [0.15, 0.2) is 23.3 Å². The van der Waals surface area contributed by atoms with Crippen LogP contribution in [0, 0.1) is 34.5 Å². The maximum absolute atomic E-state index is 13.3. The van der Waals surface area contributed by atoms with E-state index in [4.69, 9.17) is 42.6 Å². The molecule has 0 aromatic heterocycles. The number of hydrogen-bond donors (Lipinski definition) is 4. The summed E-state index contributed by atoms with van der Waals surface area (Å²) in [5, 5.41) is 43.8. The number of hydrogen-bond acceptors (Lipinski definition) is 15. The lowest BCUT2D eigenvalue weighted by Crippen LogP contribution is -2.66. The lowest BCUT2D eigenvalue weighted by atomic mass is 9.45. The average molecular weight is 879 g/mol. The fraction of sp³-hybridized carbons (Fsp3) is 0.872. The van der Waals surface area contributed by atoms with Gasteiger partial charge in [0.25, 0.3) is 0 Å². The zero-order chi connectivity index (χ0) is 45.1. The second-order valence-electron chi connectivity index (χ2n) is 19.9. The van der Waals surface area contributed by atoms with Crippen molar-refractivity contribution >= 4 is 11.8 Å². The van der Waals surface area contributed by atoms with Gasteiger partial charge in [-0.25, -0.2) is 4.79 Å². The predicted octanol–water partition coefficient (Wildman–Crippen LogP) is 4.29. The first-order valence-electron chi connectivity index (χ1n) is 23.1. The van der Waals surface area contributed by atoms with Gasteiger partial charge in [0.15, 0.2) is 18.9 Å². The number of allylic oxidation sites excluding steroid dienone is 2. The highest BCUT2D eigenvalue weighted by atomic mass is 16.7. The van der Waals surface area contributed by atoms with Gasteiger partial charge in [0.05, 0.1) is 54.9 Å². The van der Waals surface area contributed by atoms with Crippen LogP contribution in [0.1, 0.15) is 113 Å². The van der Waals surface area contributed by atoms with Crippen LogP contribution in [0.3, 0.4) is 0 Å². The number of aliphatic hydroxyl groups excluding tert-OH is 3. The number of esters is 1. The third-order valence-electron chi connectivity index (χ3n) is 16.8. The largest absolute Gasteiger partial charge is 0.458 e. The lowest BCUT2D eigenvalue weighted by molar-refractivity contribution is -0.348. The van der Waals surface area contributed by atoms with E-state index >= 15 is 0 Å². The number of methoxy groups -OCH3 is 2. The van der Waals surface area contributed by atoms with Crippen LogP contribution in [-0.2, 0) is 52.2 Å². The molecule has 13 unspecified atom stereocenters. The summed E-state index contributed by atoms with van der Waals surface area (Å²) in [4.78, 5) is 26.4. The molecule has 62 heavy (non-hydrogen) atoms. The molecule has 7 aliphatic rings. The second kappa shape index (κ2) is 18.8. The number of ether oxygens (including phenoxy) is 9. The van der Waals surface area contributed by atoms with Gasteiger partial charge in [0, 0.05) is 49.9 Å². The standard InChI is InChI=1S/C47H74O15/c1-11-23(2)43(52)60-36-19-33-32(47(53)17-15-31(24(3)49)46(36,47)8)13-12-28-18-29(14-16-45(28,33)7)59-37-20-34(54-9)41(26(5)56-37)61-38-21-35(55-10)42(27(6)57-38)62-44-40(51)30(22-48)39(50)25(4)58-44/h11-12,25-27,29-42,44,48,50-51,53H,13-22H2,1-10H3/t25?,26?,27?,29-,30?,31-,32-,33+,34?,35?,36-,37?,38?,39?,40?,41?,42?,44?,45+,46+,47+/m1/s1. The summed E-state index contributed by atoms with van der Waals surface area (Å²) in [5.41, 5.74) is -0.458. The van der Waals surface area contributed by atoms with Crippen LogP contribution in [0.25, 0.3) is 0 Å². The smallest absolute Gasteiger partial charge is 0.333 e. The monoisotopic (exact) mass is 879 g/mol. The molecule has 7 rings (SSSR count). The Bertz CT molecular complexity index is 1670. The minimum atomic E-state index is -1.25. The van der Waals surface area contributed by atoms with Crippen molar-refractivity contribution in [2.45, 2.75) is 205 Å². The van der Waals surface area contributed by atoms with E-state index in [0.29, 0.717) is 44.1 Å². The van der Waals surface area contributed by atoms with Crippen molar-refractivity contribution in [1.29, 1.82) is 0 Å². The van der Waals surface area contributed by atoms with Crippen molar-refractivity contribution in [2.75, 3.05) is 20.8 Å². The predicted molar refractivity (Wildman–Crippen MR) is 223 cm³/mol. The molecule has 15 nitrogen and oxygen atoms in total. The Morgan fingerprint density at radius 3 is 2.06 bits per heavy atom. The Morgan fingerprint density at radius 1 is 0.839 bits per heavy atom. The van der Waals surface area contributed by atoms with Crippen LogP contribution >= 0.6 is 0 Å². The summed E-state index contributed by atoms with van der Waals surface area (Å²) in [7, 11) is 3.23. The van der Waals surface area contributed by atoms with E-state index in [2.05, 4.69) is 13.0 Å². The summed E-state index contributed by atoms with van der Waals surface area (Å²) >= 11 is 0. The first-order chi connectivity index (χ1) is 29.3. The van der Waals surface area contributed by atoms with Crippen molar-refractivity contribution in [3.63, 3.8) is 0 Å². The van der Waals surface area contributed by atoms with Gasteiger partial charge >= 0.3 is 5.97 Å². The van der Waals surface area contributed by atoms with Crippen LogP contribution < -0.4 is 0 Å². The van der Waals surface area contributed by atoms with E-state index in [1.807, 2.05) is 27.7 Å². The van der Waals surface area contributed by atoms with E-state index in [9.17, 15) is 30.0 Å². The van der Waals surface area contributed by atoms with Crippen LogP contribution in [0.2, 0.25) is 0 Å². The molecule has 0 amide bonds. The summed E-state index contributed by atoms with van der Waals surface area (Å²) in [5.74, 6) is -1.56. The molecule has 4 aliphatic carbocycles. The number of ketones is 1. The first kappa shape index (κ1) is 48.1. The quantitative estimate of drug-likeness (QED) is 0.123. The molecule has 15 heteroatoms. The van der Waals surface area contributed by atoms with Gasteiger partial charge < -0.3 is 63.1 Å². The molecule has 0 spiro atoms. The fourth-order valence-corrected chi connectivity index (χ4v) is 12.8. The maximum atomic E-state index is 13.3. The van der Waals surface area contributed by atoms with Crippen molar-refractivity contribution in [1.82, 2.24) is 0 Å². The zero-order valence-electron chi connectivity index (χ0n) is 38.4. The van der Waals surface area contributed by atoms with Gasteiger partial charge in [0.1, 0.15) is 30.2 Å². The first-order valence-corrected chi connectivity index (χ1v) is 23.1. The van der Waals surface area contributed by atoms with E-state index in [0.717, 1.165) is 19.3 Å². The Balaban J connectivity index is 0.980. The summed E-state index contributed by atoms with van der Waals surface area (Å²) in [6, 6.07) is 0. The van der Waals surface area contributed by atoms with Gasteiger partial charge in [-0.2, -0.15) is 0 Å². The molecule has 0 aromatic rings. The molecular formula is C47H74O15. The number of carbonyl (C=O) groups excluding carboxylic acids is 2. The van der Waals surface area contributed by atoms with Gasteiger partial charge in [-0.05, 0) is 104 Å².